The Morgan fingerprint density at radius 1 is 0.700 bits per heavy atom. The second kappa shape index (κ2) is 7.09. The molecule has 0 aromatic heterocycles. The number of hydrogen-bond donors (Lipinski definition) is 0. The predicted octanol–water partition coefficient (Wildman–Crippen LogP) is 3.16. The van der Waals surface area contributed by atoms with Crippen molar-refractivity contribution in [1.82, 2.24) is 0 Å². The van der Waals surface area contributed by atoms with Crippen molar-refractivity contribution in [3.8, 4) is 11.5 Å². The van der Waals surface area contributed by atoms with Crippen molar-refractivity contribution in [3.05, 3.63) is 59.7 Å². The summed E-state index contributed by atoms with van der Waals surface area (Å²) in [5.41, 5.74) is 1.76. The van der Waals surface area contributed by atoms with Gasteiger partial charge in [-0.15, -0.1) is 0 Å². The van der Waals surface area contributed by atoms with Gasteiger partial charge in [0.25, 0.3) is 0 Å². The fourth-order valence-electron chi connectivity index (χ4n) is 1.74. The minimum absolute atomic E-state index is 0.767. The molecular formula is C16H16N2O2. The first-order valence-electron chi connectivity index (χ1n) is 6.17. The van der Waals surface area contributed by atoms with Crippen LogP contribution in [0, 0.1) is 0 Å². The second-order valence-electron chi connectivity index (χ2n) is 3.97. The highest BCUT2D eigenvalue weighted by atomic mass is 16.5. The van der Waals surface area contributed by atoms with Crippen LogP contribution < -0.4 is 9.47 Å². The molecule has 0 bridgehead atoms. The van der Waals surface area contributed by atoms with E-state index in [0.717, 1.165) is 22.6 Å². The van der Waals surface area contributed by atoms with Crippen molar-refractivity contribution >= 4 is 12.4 Å². The maximum atomic E-state index is 5.23. The predicted molar refractivity (Wildman–Crippen MR) is 81.2 cm³/mol. The molecule has 0 amide bonds. The van der Waals surface area contributed by atoms with Crippen LogP contribution in [-0.4, -0.2) is 26.6 Å². The van der Waals surface area contributed by atoms with Crippen LogP contribution in [0.3, 0.4) is 0 Å². The van der Waals surface area contributed by atoms with Gasteiger partial charge in [-0.1, -0.05) is 24.3 Å². The van der Waals surface area contributed by atoms with Crippen LogP contribution >= 0.6 is 0 Å². The van der Waals surface area contributed by atoms with E-state index in [-0.39, 0.29) is 0 Å². The fourth-order valence-corrected chi connectivity index (χ4v) is 1.74. The van der Waals surface area contributed by atoms with Gasteiger partial charge in [0.15, 0.2) is 0 Å². The number of methoxy groups -OCH3 is 2. The van der Waals surface area contributed by atoms with E-state index in [2.05, 4.69) is 10.2 Å². The lowest BCUT2D eigenvalue weighted by atomic mass is 10.2. The fraction of sp³-hybridized carbons (Fsp3) is 0.125. The molecule has 0 N–H and O–H groups in total. The summed E-state index contributed by atoms with van der Waals surface area (Å²) in [6.07, 6.45) is 3.31. The first kappa shape index (κ1) is 13.8. The van der Waals surface area contributed by atoms with Gasteiger partial charge in [0.05, 0.1) is 26.6 Å². The maximum Gasteiger partial charge on any atom is 0.127 e. The molecule has 20 heavy (non-hydrogen) atoms. The molecule has 4 heteroatoms. The van der Waals surface area contributed by atoms with Crippen LogP contribution in [0.25, 0.3) is 0 Å². The van der Waals surface area contributed by atoms with Crippen LogP contribution in [0.1, 0.15) is 11.1 Å². The number of nitrogens with zero attached hydrogens (tertiary/aromatic N) is 2. The highest BCUT2D eigenvalue weighted by Crippen LogP contribution is 2.16. The van der Waals surface area contributed by atoms with Crippen LogP contribution in [0.2, 0.25) is 0 Å². The minimum atomic E-state index is 0.767. The lowest BCUT2D eigenvalue weighted by Crippen LogP contribution is -1.90. The normalized spacial score (nSPS) is 11.1. The molecule has 0 atom stereocenters. The summed E-state index contributed by atoms with van der Waals surface area (Å²) < 4.78 is 10.5. The molecule has 0 saturated carbocycles. The lowest BCUT2D eigenvalue weighted by Gasteiger charge is -2.02. The van der Waals surface area contributed by atoms with E-state index in [4.69, 9.17) is 9.47 Å². The second-order valence-corrected chi connectivity index (χ2v) is 3.97. The monoisotopic (exact) mass is 268 g/mol. The molecule has 0 saturated heterocycles. The zero-order valence-corrected chi connectivity index (χ0v) is 11.5. The molecule has 102 valence electrons. The topological polar surface area (TPSA) is 43.2 Å². The molecule has 0 aliphatic heterocycles. The van der Waals surface area contributed by atoms with E-state index < -0.39 is 0 Å². The van der Waals surface area contributed by atoms with Gasteiger partial charge >= 0.3 is 0 Å². The first-order chi connectivity index (χ1) is 9.85. The summed E-state index contributed by atoms with van der Waals surface area (Å²) >= 11 is 0. The molecule has 2 aromatic rings. The van der Waals surface area contributed by atoms with Crippen molar-refractivity contribution in [2.24, 2.45) is 10.2 Å². The molecule has 0 fully saturated rings. The third-order valence-corrected chi connectivity index (χ3v) is 2.74. The van der Waals surface area contributed by atoms with Gasteiger partial charge in [-0.2, -0.15) is 10.2 Å². The van der Waals surface area contributed by atoms with Crippen molar-refractivity contribution in [3.63, 3.8) is 0 Å². The minimum Gasteiger partial charge on any atom is -0.496 e. The third-order valence-electron chi connectivity index (χ3n) is 2.74. The Kier molecular flexibility index (Phi) is 4.89. The van der Waals surface area contributed by atoms with Crippen molar-refractivity contribution in [2.75, 3.05) is 14.2 Å². The molecule has 2 rings (SSSR count). The number of hydrogen-bond acceptors (Lipinski definition) is 4. The van der Waals surface area contributed by atoms with Gasteiger partial charge in [-0.3, -0.25) is 0 Å². The summed E-state index contributed by atoms with van der Waals surface area (Å²) in [5.74, 6) is 1.53. The van der Waals surface area contributed by atoms with Crippen LogP contribution in [0.15, 0.2) is 58.7 Å². The van der Waals surface area contributed by atoms with Crippen molar-refractivity contribution < 1.29 is 9.47 Å². The van der Waals surface area contributed by atoms with Gasteiger partial charge in [-0.05, 0) is 24.3 Å². The van der Waals surface area contributed by atoms with Gasteiger partial charge < -0.3 is 9.47 Å². The van der Waals surface area contributed by atoms with Gasteiger partial charge in [0.2, 0.25) is 0 Å². The van der Waals surface area contributed by atoms with Crippen molar-refractivity contribution in [1.29, 1.82) is 0 Å². The largest absolute Gasteiger partial charge is 0.496 e. The maximum absolute atomic E-state index is 5.23. The van der Waals surface area contributed by atoms with Crippen LogP contribution in [0.4, 0.5) is 0 Å². The number of ether oxygens (including phenoxy) is 2. The van der Waals surface area contributed by atoms with E-state index in [0.29, 0.717) is 0 Å². The average molecular weight is 268 g/mol. The summed E-state index contributed by atoms with van der Waals surface area (Å²) in [6.45, 7) is 0. The molecule has 0 aliphatic rings. The summed E-state index contributed by atoms with van der Waals surface area (Å²) in [5, 5.41) is 8.06. The molecule has 0 heterocycles. The Balaban J connectivity index is 2.11. The highest BCUT2D eigenvalue weighted by Gasteiger charge is 1.98. The smallest absolute Gasteiger partial charge is 0.127 e. The Morgan fingerprint density at radius 3 is 1.50 bits per heavy atom. The summed E-state index contributed by atoms with van der Waals surface area (Å²) in [6, 6.07) is 15.3. The summed E-state index contributed by atoms with van der Waals surface area (Å²) in [7, 11) is 3.26. The molecule has 0 radical (unpaired) electrons. The van der Waals surface area contributed by atoms with Crippen molar-refractivity contribution in [2.45, 2.75) is 0 Å². The molecule has 0 aliphatic carbocycles. The number of benzene rings is 2. The van der Waals surface area contributed by atoms with Gasteiger partial charge in [-0.25, -0.2) is 0 Å². The SMILES string of the molecule is COc1ccccc1/C=N/N=C/c1ccccc1OC. The van der Waals surface area contributed by atoms with E-state index in [1.807, 2.05) is 48.5 Å². The van der Waals surface area contributed by atoms with Crippen LogP contribution in [0.5, 0.6) is 11.5 Å². The Hall–Kier alpha value is -2.62. The third kappa shape index (κ3) is 3.45. The quantitative estimate of drug-likeness (QED) is 0.617. The molecule has 2 aromatic carbocycles. The molecule has 0 unspecified atom stereocenters. The Bertz CT molecular complexity index is 566. The Morgan fingerprint density at radius 2 is 1.10 bits per heavy atom. The number of para-hydroxylation sites is 2. The zero-order valence-electron chi connectivity index (χ0n) is 11.5. The van der Waals surface area contributed by atoms with E-state index >= 15 is 0 Å². The van der Waals surface area contributed by atoms with Crippen LogP contribution in [-0.2, 0) is 0 Å². The van der Waals surface area contributed by atoms with E-state index in [1.54, 1.807) is 26.6 Å². The number of rotatable bonds is 5. The first-order valence-corrected chi connectivity index (χ1v) is 6.17. The molecule has 0 spiro atoms. The zero-order chi connectivity index (χ0) is 14.2. The van der Waals surface area contributed by atoms with E-state index in [9.17, 15) is 0 Å². The van der Waals surface area contributed by atoms with Gasteiger partial charge in [0, 0.05) is 11.1 Å². The van der Waals surface area contributed by atoms with Gasteiger partial charge in [0.1, 0.15) is 11.5 Å². The Labute approximate surface area is 118 Å². The lowest BCUT2D eigenvalue weighted by molar-refractivity contribution is 0.414. The molecular weight excluding hydrogens is 252 g/mol. The highest BCUT2D eigenvalue weighted by molar-refractivity contribution is 5.86. The average Bonchev–Trinajstić information content (AvgIpc) is 2.52. The van der Waals surface area contributed by atoms with E-state index in [1.165, 1.54) is 0 Å². The standard InChI is InChI=1S/C16H16N2O2/c1-19-15-9-5-3-7-13(15)11-17-18-12-14-8-4-6-10-16(14)20-2/h3-12H,1-2H3/b17-11+,18-12+. The molecule has 4 nitrogen and oxygen atoms in total. The summed E-state index contributed by atoms with van der Waals surface area (Å²) in [4.78, 5) is 0.